The number of ether oxygens (including phenoxy) is 1. The molecule has 168 valence electrons. The maximum atomic E-state index is 12.9. The van der Waals surface area contributed by atoms with Gasteiger partial charge < -0.3 is 10.1 Å². The fraction of sp³-hybridized carbons (Fsp3) is 0.400. The van der Waals surface area contributed by atoms with Crippen molar-refractivity contribution in [2.24, 2.45) is 0 Å². The molecule has 32 heavy (non-hydrogen) atoms. The molecule has 0 radical (unpaired) electrons. The summed E-state index contributed by atoms with van der Waals surface area (Å²) in [6.07, 6.45) is 5.80. The summed E-state index contributed by atoms with van der Waals surface area (Å²) in [4.78, 5) is 12.9. The number of nitrogens with zero attached hydrogens (tertiary/aromatic N) is 3. The number of aryl methyl sites for hydroxylation is 1. The van der Waals surface area contributed by atoms with Crippen LogP contribution in [0.5, 0.6) is 5.75 Å². The molecule has 6 nitrogen and oxygen atoms in total. The summed E-state index contributed by atoms with van der Waals surface area (Å²) in [5.74, 6) is 1.60. The van der Waals surface area contributed by atoms with E-state index in [0.717, 1.165) is 41.2 Å². The minimum absolute atomic E-state index is 0.0586. The Labute approximate surface area is 193 Å². The molecule has 3 aromatic rings. The van der Waals surface area contributed by atoms with E-state index in [9.17, 15) is 4.79 Å². The third-order valence-corrected chi connectivity index (χ3v) is 6.89. The number of hydrogen-bond donors (Lipinski definition) is 1. The molecule has 1 unspecified atom stereocenters. The molecule has 0 saturated heterocycles. The van der Waals surface area contributed by atoms with E-state index in [1.54, 1.807) is 7.11 Å². The average Bonchev–Trinajstić information content (AvgIpc) is 3.23. The minimum Gasteiger partial charge on any atom is -0.497 e. The zero-order chi connectivity index (χ0) is 22.5. The number of benzene rings is 2. The van der Waals surface area contributed by atoms with Crippen LogP contribution in [0.4, 0.5) is 0 Å². The summed E-state index contributed by atoms with van der Waals surface area (Å²) < 4.78 is 7.33. The second-order valence-electron chi connectivity index (χ2n) is 8.31. The summed E-state index contributed by atoms with van der Waals surface area (Å²) in [5, 5.41) is 12.6. The number of methoxy groups -OCH3 is 1. The van der Waals surface area contributed by atoms with Gasteiger partial charge in [-0.25, -0.2) is 0 Å². The first-order valence-electron chi connectivity index (χ1n) is 11.2. The van der Waals surface area contributed by atoms with Crippen molar-refractivity contribution in [1.82, 2.24) is 20.1 Å². The Morgan fingerprint density at radius 3 is 2.56 bits per heavy atom. The molecule has 0 bridgehead atoms. The molecule has 1 fully saturated rings. The van der Waals surface area contributed by atoms with E-state index in [2.05, 4.69) is 34.6 Å². The van der Waals surface area contributed by atoms with E-state index in [1.165, 1.54) is 31.0 Å². The molecule has 2 aromatic carbocycles. The van der Waals surface area contributed by atoms with Gasteiger partial charge in [0.15, 0.2) is 11.0 Å². The number of carbonyl (C=O) groups is 1. The lowest BCUT2D eigenvalue weighted by molar-refractivity contribution is -0.121. The number of rotatable bonds is 7. The number of thioether (sulfide) groups is 1. The Bertz CT molecular complexity index is 1060. The van der Waals surface area contributed by atoms with E-state index < -0.39 is 0 Å². The van der Waals surface area contributed by atoms with Crippen LogP contribution >= 0.6 is 11.8 Å². The van der Waals surface area contributed by atoms with Crippen LogP contribution in [0, 0.1) is 6.92 Å². The number of hydrogen-bond acceptors (Lipinski definition) is 5. The number of amides is 1. The monoisotopic (exact) mass is 450 g/mol. The first-order chi connectivity index (χ1) is 15.5. The molecule has 0 aliphatic heterocycles. The Kier molecular flexibility index (Phi) is 7.15. The average molecular weight is 451 g/mol. The maximum absolute atomic E-state index is 12.9. The first-order valence-corrected chi connectivity index (χ1v) is 12.1. The predicted molar refractivity (Wildman–Crippen MR) is 128 cm³/mol. The van der Waals surface area contributed by atoms with E-state index in [1.807, 2.05) is 47.9 Å². The van der Waals surface area contributed by atoms with Crippen LogP contribution in [0.1, 0.15) is 44.6 Å². The van der Waals surface area contributed by atoms with Gasteiger partial charge in [-0.15, -0.1) is 10.2 Å². The SMILES string of the molecule is COc1ccc(-n2c(SC(C)C(=O)NC3CCCCC3)nnc2-c2cccc(C)c2)cc1. The van der Waals surface area contributed by atoms with Crippen molar-refractivity contribution < 1.29 is 9.53 Å². The third-order valence-electron chi connectivity index (χ3n) is 5.84. The van der Waals surface area contributed by atoms with E-state index in [4.69, 9.17) is 4.74 Å². The topological polar surface area (TPSA) is 69.0 Å². The van der Waals surface area contributed by atoms with Gasteiger partial charge in [-0.05, 0) is 57.0 Å². The highest BCUT2D eigenvalue weighted by Gasteiger charge is 2.24. The van der Waals surface area contributed by atoms with Crippen molar-refractivity contribution in [2.45, 2.75) is 62.4 Å². The predicted octanol–water partition coefficient (Wildman–Crippen LogP) is 5.18. The second-order valence-corrected chi connectivity index (χ2v) is 9.62. The summed E-state index contributed by atoms with van der Waals surface area (Å²) in [5.41, 5.74) is 3.07. The molecule has 1 atom stereocenters. The van der Waals surface area contributed by atoms with E-state index in [-0.39, 0.29) is 11.2 Å². The van der Waals surface area contributed by atoms with Crippen molar-refractivity contribution >= 4 is 17.7 Å². The van der Waals surface area contributed by atoms with Gasteiger partial charge in [0, 0.05) is 17.3 Å². The van der Waals surface area contributed by atoms with E-state index >= 15 is 0 Å². The minimum atomic E-state index is -0.275. The summed E-state index contributed by atoms with van der Waals surface area (Å²) in [6, 6.07) is 16.3. The largest absolute Gasteiger partial charge is 0.497 e. The molecular formula is C25H30N4O2S. The Morgan fingerprint density at radius 1 is 1.12 bits per heavy atom. The summed E-state index contributed by atoms with van der Waals surface area (Å²) >= 11 is 1.44. The van der Waals surface area contributed by atoms with Gasteiger partial charge in [0.1, 0.15) is 5.75 Å². The normalized spacial score (nSPS) is 15.3. The first kappa shape index (κ1) is 22.4. The van der Waals surface area contributed by atoms with Gasteiger partial charge in [-0.1, -0.05) is 54.8 Å². The summed E-state index contributed by atoms with van der Waals surface area (Å²) in [7, 11) is 1.65. The second kappa shape index (κ2) is 10.2. The van der Waals surface area contributed by atoms with E-state index in [0.29, 0.717) is 11.2 Å². The highest BCUT2D eigenvalue weighted by atomic mass is 32.2. The maximum Gasteiger partial charge on any atom is 0.233 e. The van der Waals surface area contributed by atoms with Crippen LogP contribution in [0.25, 0.3) is 17.1 Å². The quantitative estimate of drug-likeness (QED) is 0.502. The Balaban J connectivity index is 1.63. The lowest BCUT2D eigenvalue weighted by Gasteiger charge is -2.24. The van der Waals surface area contributed by atoms with Crippen molar-refractivity contribution in [2.75, 3.05) is 7.11 Å². The van der Waals surface area contributed by atoms with Crippen LogP contribution in [-0.2, 0) is 4.79 Å². The molecule has 0 spiro atoms. The van der Waals surface area contributed by atoms with Crippen LogP contribution in [0.3, 0.4) is 0 Å². The molecule has 1 aliphatic carbocycles. The summed E-state index contributed by atoms with van der Waals surface area (Å²) in [6.45, 7) is 3.99. The van der Waals surface area contributed by atoms with Gasteiger partial charge in [-0.3, -0.25) is 9.36 Å². The highest BCUT2D eigenvalue weighted by Crippen LogP contribution is 2.31. The smallest absolute Gasteiger partial charge is 0.233 e. The van der Waals surface area contributed by atoms with Crippen molar-refractivity contribution in [3.8, 4) is 22.8 Å². The Morgan fingerprint density at radius 2 is 1.88 bits per heavy atom. The molecule has 1 aliphatic rings. The third kappa shape index (κ3) is 5.15. The highest BCUT2D eigenvalue weighted by molar-refractivity contribution is 8.00. The molecule has 1 aromatic heterocycles. The lowest BCUT2D eigenvalue weighted by atomic mass is 9.95. The molecule has 1 heterocycles. The molecule has 1 N–H and O–H groups in total. The van der Waals surface area contributed by atoms with Gasteiger partial charge in [0.2, 0.25) is 5.91 Å². The number of aromatic nitrogens is 3. The van der Waals surface area contributed by atoms with Gasteiger partial charge in [0.25, 0.3) is 0 Å². The number of carbonyl (C=O) groups excluding carboxylic acids is 1. The fourth-order valence-electron chi connectivity index (χ4n) is 4.06. The van der Waals surface area contributed by atoms with Crippen molar-refractivity contribution in [3.05, 3.63) is 54.1 Å². The van der Waals surface area contributed by atoms with Crippen LogP contribution in [0.2, 0.25) is 0 Å². The van der Waals surface area contributed by atoms with Crippen LogP contribution in [-0.4, -0.2) is 39.1 Å². The Hall–Kier alpha value is -2.80. The lowest BCUT2D eigenvalue weighted by Crippen LogP contribution is -2.40. The molecule has 4 rings (SSSR count). The molecular weight excluding hydrogens is 420 g/mol. The van der Waals surface area contributed by atoms with Gasteiger partial charge in [0.05, 0.1) is 12.4 Å². The zero-order valence-corrected chi connectivity index (χ0v) is 19.7. The van der Waals surface area contributed by atoms with Gasteiger partial charge in [-0.2, -0.15) is 0 Å². The molecule has 7 heteroatoms. The standard InChI is InChI=1S/C25H30N4O2S/c1-17-8-7-9-19(16-17)23-27-28-25(29(23)21-12-14-22(31-3)15-13-21)32-18(2)24(30)26-20-10-5-4-6-11-20/h7-9,12-16,18,20H,4-6,10-11H2,1-3H3,(H,26,30). The fourth-order valence-corrected chi connectivity index (χ4v) is 4.94. The van der Waals surface area contributed by atoms with Gasteiger partial charge >= 0.3 is 0 Å². The van der Waals surface area contributed by atoms with Crippen molar-refractivity contribution in [3.63, 3.8) is 0 Å². The molecule has 1 saturated carbocycles. The molecule has 1 amide bonds. The number of nitrogens with one attached hydrogen (secondary N) is 1. The van der Waals surface area contributed by atoms with Crippen LogP contribution in [0.15, 0.2) is 53.7 Å². The van der Waals surface area contributed by atoms with Crippen molar-refractivity contribution in [1.29, 1.82) is 0 Å². The zero-order valence-electron chi connectivity index (χ0n) is 18.9. The van der Waals surface area contributed by atoms with Crippen LogP contribution < -0.4 is 10.1 Å².